The Bertz CT molecular complexity index is 853. The van der Waals surface area contributed by atoms with Crippen molar-refractivity contribution < 1.29 is 18.9 Å². The fraction of sp³-hybridized carbons (Fsp3) is 0.333. The lowest BCUT2D eigenvalue weighted by atomic mass is 10.1. The van der Waals surface area contributed by atoms with Crippen molar-refractivity contribution in [3.8, 4) is 5.75 Å². The number of benzene rings is 1. The number of ether oxygens (including phenoxy) is 1. The highest BCUT2D eigenvalue weighted by Gasteiger charge is 2.16. The quantitative estimate of drug-likeness (QED) is 0.460. The van der Waals surface area contributed by atoms with Crippen molar-refractivity contribution in [2.75, 3.05) is 13.1 Å². The molecule has 0 N–H and O–H groups in total. The van der Waals surface area contributed by atoms with Gasteiger partial charge in [-0.3, -0.25) is 19.8 Å². The Morgan fingerprint density at radius 1 is 1.19 bits per heavy atom. The zero-order chi connectivity index (χ0) is 18.5. The van der Waals surface area contributed by atoms with Crippen LogP contribution in [0, 0.1) is 10.1 Å². The minimum absolute atomic E-state index is 0.104. The van der Waals surface area contributed by atoms with Crippen LogP contribution in [0.2, 0.25) is 0 Å². The van der Waals surface area contributed by atoms with E-state index < -0.39 is 16.3 Å². The van der Waals surface area contributed by atoms with E-state index in [0.29, 0.717) is 12.3 Å². The number of hydrogen-bond donors (Lipinski definition) is 0. The van der Waals surface area contributed by atoms with Gasteiger partial charge in [-0.25, -0.2) is 4.79 Å². The minimum Gasteiger partial charge on any atom is -0.464 e. The third-order valence-electron chi connectivity index (χ3n) is 4.20. The van der Waals surface area contributed by atoms with Gasteiger partial charge in [0.2, 0.25) is 11.2 Å². The number of piperidine rings is 1. The Balaban J connectivity index is 1.66. The molecule has 1 fully saturated rings. The highest BCUT2D eigenvalue weighted by atomic mass is 16.6. The van der Waals surface area contributed by atoms with Gasteiger partial charge in [-0.15, -0.1) is 0 Å². The van der Waals surface area contributed by atoms with Crippen LogP contribution in [0.4, 0.5) is 5.69 Å². The topological polar surface area (TPSA) is 103 Å². The Kier molecular flexibility index (Phi) is 5.43. The number of hydrogen-bond acceptors (Lipinski definition) is 7. The highest BCUT2D eigenvalue weighted by Crippen LogP contribution is 2.16. The lowest BCUT2D eigenvalue weighted by molar-refractivity contribution is -0.384. The molecule has 2 heterocycles. The number of carbonyl (C=O) groups is 1. The van der Waals surface area contributed by atoms with Crippen LogP contribution in [0.3, 0.4) is 0 Å². The van der Waals surface area contributed by atoms with Gasteiger partial charge in [0, 0.05) is 18.2 Å². The first-order valence-corrected chi connectivity index (χ1v) is 8.33. The SMILES string of the molecule is O=C(Oc1coc(CN2CCCCC2)cc1=O)c1ccc([N+](=O)[O-])cc1. The average molecular weight is 358 g/mol. The number of nitro groups is 1. The molecule has 0 radical (unpaired) electrons. The van der Waals surface area contributed by atoms with E-state index in [1.165, 1.54) is 36.8 Å². The van der Waals surface area contributed by atoms with Gasteiger partial charge in [0.15, 0.2) is 0 Å². The lowest BCUT2D eigenvalue weighted by Crippen LogP contribution is -2.29. The van der Waals surface area contributed by atoms with Gasteiger partial charge < -0.3 is 9.15 Å². The van der Waals surface area contributed by atoms with Crippen molar-refractivity contribution in [2.45, 2.75) is 25.8 Å². The molecule has 1 aromatic heterocycles. The largest absolute Gasteiger partial charge is 0.464 e. The van der Waals surface area contributed by atoms with Crippen molar-refractivity contribution in [3.63, 3.8) is 0 Å². The smallest absolute Gasteiger partial charge is 0.343 e. The minimum atomic E-state index is -0.782. The van der Waals surface area contributed by atoms with Crippen LogP contribution in [0.25, 0.3) is 0 Å². The van der Waals surface area contributed by atoms with E-state index in [1.807, 2.05) is 0 Å². The number of esters is 1. The Morgan fingerprint density at radius 3 is 2.50 bits per heavy atom. The maximum absolute atomic E-state index is 12.1. The van der Waals surface area contributed by atoms with Crippen molar-refractivity contribution in [3.05, 3.63) is 68.3 Å². The summed E-state index contributed by atoms with van der Waals surface area (Å²) in [5, 5.41) is 10.6. The maximum atomic E-state index is 12.1. The van der Waals surface area contributed by atoms with Crippen LogP contribution in [0.15, 0.2) is 45.8 Å². The molecule has 8 nitrogen and oxygen atoms in total. The molecule has 0 amide bonds. The van der Waals surface area contributed by atoms with Crippen LogP contribution in [0.5, 0.6) is 5.75 Å². The van der Waals surface area contributed by atoms with Crippen molar-refractivity contribution in [2.24, 2.45) is 0 Å². The molecular weight excluding hydrogens is 340 g/mol. The van der Waals surface area contributed by atoms with Gasteiger partial charge in [0.1, 0.15) is 12.0 Å². The normalized spacial score (nSPS) is 14.8. The lowest BCUT2D eigenvalue weighted by Gasteiger charge is -2.25. The first-order chi connectivity index (χ1) is 12.5. The molecule has 0 bridgehead atoms. The summed E-state index contributed by atoms with van der Waals surface area (Å²) in [7, 11) is 0. The molecule has 1 aromatic carbocycles. The second-order valence-electron chi connectivity index (χ2n) is 6.11. The number of nitrogens with zero attached hydrogens (tertiary/aromatic N) is 2. The zero-order valence-electron chi connectivity index (χ0n) is 14.1. The molecule has 0 unspecified atom stereocenters. The van der Waals surface area contributed by atoms with E-state index in [4.69, 9.17) is 9.15 Å². The average Bonchev–Trinajstić information content (AvgIpc) is 2.65. The summed E-state index contributed by atoms with van der Waals surface area (Å²) in [5.74, 6) is -0.473. The molecule has 1 saturated heterocycles. The number of carbonyl (C=O) groups excluding carboxylic acids is 1. The predicted octanol–water partition coefficient (Wildman–Crippen LogP) is 2.75. The van der Waals surface area contributed by atoms with Gasteiger partial charge >= 0.3 is 5.97 Å². The van der Waals surface area contributed by atoms with E-state index in [-0.39, 0.29) is 17.0 Å². The summed E-state index contributed by atoms with van der Waals surface area (Å²) in [5.41, 5.74) is -0.478. The summed E-state index contributed by atoms with van der Waals surface area (Å²) in [6, 6.07) is 6.26. The zero-order valence-corrected chi connectivity index (χ0v) is 14.1. The van der Waals surface area contributed by atoms with Gasteiger partial charge in [-0.1, -0.05) is 6.42 Å². The van der Waals surface area contributed by atoms with E-state index >= 15 is 0 Å². The summed E-state index contributed by atoms with van der Waals surface area (Å²) < 4.78 is 10.5. The fourth-order valence-electron chi connectivity index (χ4n) is 2.81. The number of non-ortho nitro benzene ring substituents is 1. The number of rotatable bonds is 5. The summed E-state index contributed by atoms with van der Waals surface area (Å²) in [6.07, 6.45) is 4.62. The van der Waals surface area contributed by atoms with E-state index in [0.717, 1.165) is 32.2 Å². The third-order valence-corrected chi connectivity index (χ3v) is 4.20. The summed E-state index contributed by atoms with van der Waals surface area (Å²) >= 11 is 0. The second kappa shape index (κ2) is 7.92. The summed E-state index contributed by atoms with van der Waals surface area (Å²) in [6.45, 7) is 2.49. The molecule has 0 spiro atoms. The molecule has 0 saturated carbocycles. The van der Waals surface area contributed by atoms with Crippen molar-refractivity contribution in [1.82, 2.24) is 4.90 Å². The molecular formula is C18H18N2O6. The first kappa shape index (κ1) is 17.8. The molecule has 1 aliphatic heterocycles. The fourth-order valence-corrected chi connectivity index (χ4v) is 2.81. The molecule has 3 rings (SSSR count). The Hall–Kier alpha value is -3.00. The Morgan fingerprint density at radius 2 is 1.88 bits per heavy atom. The molecule has 0 atom stereocenters. The second-order valence-corrected chi connectivity index (χ2v) is 6.11. The van der Waals surface area contributed by atoms with Crippen LogP contribution in [-0.2, 0) is 6.54 Å². The number of likely N-dealkylation sites (tertiary alicyclic amines) is 1. The van der Waals surface area contributed by atoms with E-state index in [2.05, 4.69) is 4.90 Å². The van der Waals surface area contributed by atoms with Crippen LogP contribution < -0.4 is 10.2 Å². The molecule has 0 aliphatic carbocycles. The monoisotopic (exact) mass is 358 g/mol. The van der Waals surface area contributed by atoms with Gasteiger partial charge in [0.25, 0.3) is 5.69 Å². The maximum Gasteiger partial charge on any atom is 0.343 e. The molecule has 136 valence electrons. The Labute approximate surface area is 149 Å². The van der Waals surface area contributed by atoms with Crippen molar-refractivity contribution >= 4 is 11.7 Å². The molecule has 26 heavy (non-hydrogen) atoms. The standard InChI is InChI=1S/C18H18N2O6/c21-16-10-15(11-19-8-2-1-3-9-19)25-12-17(16)26-18(22)13-4-6-14(7-5-13)20(23)24/h4-7,10,12H,1-3,8-9,11H2. The first-order valence-electron chi connectivity index (χ1n) is 8.33. The van der Waals surface area contributed by atoms with Gasteiger partial charge in [-0.2, -0.15) is 0 Å². The van der Waals surface area contributed by atoms with Gasteiger partial charge in [0.05, 0.1) is 17.0 Å². The third kappa shape index (κ3) is 4.34. The summed E-state index contributed by atoms with van der Waals surface area (Å²) in [4.78, 5) is 36.5. The number of nitro benzene ring substituents is 1. The van der Waals surface area contributed by atoms with Crippen LogP contribution in [-0.4, -0.2) is 28.9 Å². The molecule has 1 aliphatic rings. The molecule has 2 aromatic rings. The van der Waals surface area contributed by atoms with Crippen molar-refractivity contribution in [1.29, 1.82) is 0 Å². The highest BCUT2D eigenvalue weighted by molar-refractivity contribution is 5.91. The van der Waals surface area contributed by atoms with E-state index in [9.17, 15) is 19.7 Å². The van der Waals surface area contributed by atoms with Crippen LogP contribution in [0.1, 0.15) is 35.4 Å². The predicted molar refractivity (Wildman–Crippen MR) is 92.2 cm³/mol. The molecule has 8 heteroatoms. The van der Waals surface area contributed by atoms with Crippen LogP contribution >= 0.6 is 0 Å². The van der Waals surface area contributed by atoms with E-state index in [1.54, 1.807) is 0 Å². The van der Waals surface area contributed by atoms with Gasteiger partial charge in [-0.05, 0) is 38.1 Å².